The van der Waals surface area contributed by atoms with Crippen LogP contribution < -0.4 is 10.6 Å². The van der Waals surface area contributed by atoms with Gasteiger partial charge in [0.05, 0.1) is 5.56 Å². The summed E-state index contributed by atoms with van der Waals surface area (Å²) in [6.45, 7) is 3.63. The fraction of sp³-hybridized carbons (Fsp3) is 0.467. The van der Waals surface area contributed by atoms with Gasteiger partial charge in [-0.2, -0.15) is 0 Å². The smallest absolute Gasteiger partial charge is 0.341 e. The van der Waals surface area contributed by atoms with E-state index in [9.17, 15) is 19.1 Å². The number of carbonyl (C=O) groups is 2. The maximum absolute atomic E-state index is 13.4. The first-order chi connectivity index (χ1) is 10.4. The van der Waals surface area contributed by atoms with Gasteiger partial charge in [0.2, 0.25) is 5.91 Å². The van der Waals surface area contributed by atoms with Crippen LogP contribution in [0.3, 0.4) is 0 Å². The monoisotopic (exact) mass is 312 g/mol. The van der Waals surface area contributed by atoms with Crippen molar-refractivity contribution in [3.05, 3.63) is 35.6 Å². The highest BCUT2D eigenvalue weighted by Gasteiger charge is 2.15. The molecule has 6 nitrogen and oxygen atoms in total. The molecule has 2 atom stereocenters. The molecule has 1 rings (SSSR count). The fourth-order valence-corrected chi connectivity index (χ4v) is 1.64. The van der Waals surface area contributed by atoms with Gasteiger partial charge in [-0.3, -0.25) is 4.79 Å². The second kappa shape index (κ2) is 9.11. The number of aliphatic hydroxyl groups is 1. The van der Waals surface area contributed by atoms with Crippen molar-refractivity contribution in [3.8, 4) is 0 Å². The lowest BCUT2D eigenvalue weighted by Crippen LogP contribution is -2.42. The van der Waals surface area contributed by atoms with E-state index in [1.54, 1.807) is 0 Å². The van der Waals surface area contributed by atoms with Crippen LogP contribution in [0.2, 0.25) is 0 Å². The highest BCUT2D eigenvalue weighted by atomic mass is 19.1. The molecule has 0 saturated heterocycles. The summed E-state index contributed by atoms with van der Waals surface area (Å²) >= 11 is 0. The maximum atomic E-state index is 13.4. The normalized spacial score (nSPS) is 13.3. The Labute approximate surface area is 128 Å². The number of amides is 1. The average Bonchev–Trinajstić information content (AvgIpc) is 2.48. The van der Waals surface area contributed by atoms with Gasteiger partial charge in [-0.05, 0) is 19.1 Å². The van der Waals surface area contributed by atoms with Crippen molar-refractivity contribution in [3.63, 3.8) is 0 Å². The van der Waals surface area contributed by atoms with Crippen LogP contribution in [0.25, 0.3) is 0 Å². The topological polar surface area (TPSA) is 87.7 Å². The van der Waals surface area contributed by atoms with Crippen molar-refractivity contribution in [2.45, 2.75) is 26.0 Å². The van der Waals surface area contributed by atoms with E-state index in [1.807, 2.05) is 6.92 Å². The Morgan fingerprint density at radius 3 is 2.64 bits per heavy atom. The first-order valence-electron chi connectivity index (χ1n) is 6.97. The first-order valence-corrected chi connectivity index (χ1v) is 6.97. The third-order valence-electron chi connectivity index (χ3n) is 2.86. The van der Waals surface area contributed by atoms with Crippen molar-refractivity contribution in [2.75, 3.05) is 19.7 Å². The Kier molecular flexibility index (Phi) is 7.48. The van der Waals surface area contributed by atoms with Crippen molar-refractivity contribution in [2.24, 2.45) is 0 Å². The lowest BCUT2D eigenvalue weighted by molar-refractivity contribution is -0.119. The lowest BCUT2D eigenvalue weighted by Gasteiger charge is -2.17. The molecule has 7 heteroatoms. The molecule has 0 bridgehead atoms. The van der Waals surface area contributed by atoms with Gasteiger partial charge >= 0.3 is 5.97 Å². The Morgan fingerprint density at radius 1 is 1.32 bits per heavy atom. The van der Waals surface area contributed by atoms with E-state index in [0.717, 1.165) is 6.07 Å². The minimum absolute atomic E-state index is 0.0409. The molecule has 122 valence electrons. The quantitative estimate of drug-likeness (QED) is 0.607. The fourth-order valence-electron chi connectivity index (χ4n) is 1.64. The van der Waals surface area contributed by atoms with Crippen LogP contribution in [0, 0.1) is 5.82 Å². The summed E-state index contributed by atoms with van der Waals surface area (Å²) < 4.78 is 18.2. The van der Waals surface area contributed by atoms with E-state index >= 15 is 0 Å². The molecule has 0 fully saturated rings. The van der Waals surface area contributed by atoms with E-state index in [-0.39, 0.29) is 30.7 Å². The number of carbonyl (C=O) groups excluding carboxylic acids is 2. The zero-order chi connectivity index (χ0) is 16.5. The van der Waals surface area contributed by atoms with Crippen molar-refractivity contribution < 1.29 is 23.8 Å². The SMILES string of the molecule is CC(=O)NCC(C)NCC(O)COC(=O)c1ccccc1F. The van der Waals surface area contributed by atoms with Gasteiger partial charge in [-0.1, -0.05) is 12.1 Å². The minimum Gasteiger partial charge on any atom is -0.459 e. The number of esters is 1. The van der Waals surface area contributed by atoms with Gasteiger partial charge in [0.25, 0.3) is 0 Å². The minimum atomic E-state index is -0.921. The van der Waals surface area contributed by atoms with Crippen LogP contribution in [0.4, 0.5) is 4.39 Å². The van der Waals surface area contributed by atoms with Gasteiger partial charge in [0, 0.05) is 26.1 Å². The van der Waals surface area contributed by atoms with Crippen LogP contribution in [-0.4, -0.2) is 48.8 Å². The van der Waals surface area contributed by atoms with E-state index in [4.69, 9.17) is 4.74 Å². The summed E-state index contributed by atoms with van der Waals surface area (Å²) in [5.41, 5.74) is -0.165. The van der Waals surface area contributed by atoms with Gasteiger partial charge in [-0.15, -0.1) is 0 Å². The Bertz CT molecular complexity index is 510. The van der Waals surface area contributed by atoms with E-state index in [0.29, 0.717) is 6.54 Å². The highest BCUT2D eigenvalue weighted by molar-refractivity contribution is 5.89. The average molecular weight is 312 g/mol. The Hall–Kier alpha value is -1.99. The number of benzene rings is 1. The molecule has 0 heterocycles. The van der Waals surface area contributed by atoms with Crippen LogP contribution in [0.15, 0.2) is 24.3 Å². The molecular weight excluding hydrogens is 291 g/mol. The molecule has 22 heavy (non-hydrogen) atoms. The second-order valence-electron chi connectivity index (χ2n) is 4.98. The third kappa shape index (κ3) is 6.64. The van der Waals surface area contributed by atoms with Gasteiger partial charge in [0.1, 0.15) is 18.5 Å². The summed E-state index contributed by atoms with van der Waals surface area (Å²) in [4.78, 5) is 22.4. The summed E-state index contributed by atoms with van der Waals surface area (Å²) in [6, 6.07) is 5.44. The molecule has 0 aromatic heterocycles. The number of halogens is 1. The number of rotatable bonds is 8. The number of ether oxygens (including phenoxy) is 1. The van der Waals surface area contributed by atoms with Crippen LogP contribution in [-0.2, 0) is 9.53 Å². The zero-order valence-corrected chi connectivity index (χ0v) is 12.6. The van der Waals surface area contributed by atoms with Crippen molar-refractivity contribution >= 4 is 11.9 Å². The van der Waals surface area contributed by atoms with E-state index < -0.39 is 17.9 Å². The predicted molar refractivity (Wildman–Crippen MR) is 78.8 cm³/mol. The molecule has 0 aliphatic carbocycles. The van der Waals surface area contributed by atoms with Crippen LogP contribution >= 0.6 is 0 Å². The van der Waals surface area contributed by atoms with Gasteiger partial charge in [0.15, 0.2) is 0 Å². The molecule has 1 aromatic carbocycles. The molecule has 1 aromatic rings. The molecule has 3 N–H and O–H groups in total. The molecule has 0 saturated carbocycles. The molecule has 0 radical (unpaired) electrons. The number of aliphatic hydroxyl groups excluding tert-OH is 1. The first kappa shape index (κ1) is 18.1. The summed E-state index contributed by atoms with van der Waals surface area (Å²) in [5, 5.41) is 15.3. The standard InChI is InChI=1S/C15H21FN2O4/c1-10(7-18-11(2)19)17-8-12(20)9-22-15(21)13-5-3-4-6-14(13)16/h3-6,10,12,17,20H,7-9H2,1-2H3,(H,18,19). The summed E-state index contributed by atoms with van der Waals surface area (Å²) in [7, 11) is 0. The predicted octanol–water partition coefficient (Wildman–Crippen LogP) is 0.458. The van der Waals surface area contributed by atoms with E-state index in [1.165, 1.54) is 25.1 Å². The molecule has 0 spiro atoms. The second-order valence-corrected chi connectivity index (χ2v) is 4.98. The largest absolute Gasteiger partial charge is 0.459 e. The van der Waals surface area contributed by atoms with Crippen molar-refractivity contribution in [1.29, 1.82) is 0 Å². The Morgan fingerprint density at radius 2 is 2.00 bits per heavy atom. The summed E-state index contributed by atoms with van der Waals surface area (Å²) in [6.07, 6.45) is -0.921. The number of nitrogens with one attached hydrogen (secondary N) is 2. The maximum Gasteiger partial charge on any atom is 0.341 e. The summed E-state index contributed by atoms with van der Waals surface area (Å²) in [5.74, 6) is -1.61. The zero-order valence-electron chi connectivity index (χ0n) is 12.6. The molecular formula is C15H21FN2O4. The molecule has 1 amide bonds. The van der Waals surface area contributed by atoms with Gasteiger partial charge in [-0.25, -0.2) is 9.18 Å². The van der Waals surface area contributed by atoms with Crippen molar-refractivity contribution in [1.82, 2.24) is 10.6 Å². The third-order valence-corrected chi connectivity index (χ3v) is 2.86. The van der Waals surface area contributed by atoms with E-state index in [2.05, 4.69) is 10.6 Å². The Balaban J connectivity index is 2.28. The number of hydrogen-bond acceptors (Lipinski definition) is 5. The van der Waals surface area contributed by atoms with Crippen LogP contribution in [0.5, 0.6) is 0 Å². The molecule has 0 aliphatic rings. The highest BCUT2D eigenvalue weighted by Crippen LogP contribution is 2.08. The molecule has 0 aliphatic heterocycles. The molecule has 2 unspecified atom stereocenters. The van der Waals surface area contributed by atoms with Gasteiger partial charge < -0.3 is 20.5 Å². The number of hydrogen-bond donors (Lipinski definition) is 3. The van der Waals surface area contributed by atoms with Crippen LogP contribution in [0.1, 0.15) is 24.2 Å². The lowest BCUT2D eigenvalue weighted by atomic mass is 10.2.